The van der Waals surface area contributed by atoms with Crippen molar-refractivity contribution >= 4 is 57.3 Å². The first-order valence-electron chi connectivity index (χ1n) is 11.5. The Labute approximate surface area is 237 Å². The van der Waals surface area contributed by atoms with Gasteiger partial charge in [-0.25, -0.2) is 0 Å². The molecule has 5 rings (SSSR count). The number of methoxy groups -OCH3 is 2. The molecule has 9 nitrogen and oxygen atoms in total. The van der Waals surface area contributed by atoms with E-state index in [0.29, 0.717) is 37.7 Å². The van der Waals surface area contributed by atoms with Crippen LogP contribution < -0.4 is 14.4 Å². The lowest BCUT2D eigenvalue weighted by Gasteiger charge is -2.23. The van der Waals surface area contributed by atoms with E-state index in [1.807, 2.05) is 24.3 Å². The molecule has 1 unspecified atom stereocenters. The summed E-state index contributed by atoms with van der Waals surface area (Å²) < 4.78 is 11.4. The quantitative estimate of drug-likeness (QED) is 0.0945. The Kier molecular flexibility index (Phi) is 7.82. The van der Waals surface area contributed by atoms with Crippen LogP contribution in [0.3, 0.4) is 0 Å². The van der Waals surface area contributed by atoms with Gasteiger partial charge in [-0.15, -0.1) is 10.2 Å². The van der Waals surface area contributed by atoms with Gasteiger partial charge >= 0.3 is 5.91 Å². The minimum absolute atomic E-state index is 0.0796. The number of hydrogen-bond donors (Lipinski definition) is 1. The molecule has 1 aliphatic heterocycles. The van der Waals surface area contributed by atoms with Gasteiger partial charge in [0.1, 0.15) is 5.76 Å². The normalized spacial score (nSPS) is 16.5. The summed E-state index contributed by atoms with van der Waals surface area (Å²) in [5, 5.41) is 20.6. The molecule has 1 fully saturated rings. The molecule has 1 aliphatic rings. The number of aromatic nitrogens is 3. The molecule has 12 heteroatoms. The Hall–Kier alpha value is -3.93. The highest BCUT2D eigenvalue weighted by atomic mass is 35.5. The van der Waals surface area contributed by atoms with Crippen LogP contribution in [0.5, 0.6) is 11.5 Å². The van der Waals surface area contributed by atoms with Crippen molar-refractivity contribution < 1.29 is 24.2 Å². The van der Waals surface area contributed by atoms with E-state index in [2.05, 4.69) is 15.2 Å². The lowest BCUT2D eigenvalue weighted by Crippen LogP contribution is -2.29. The summed E-state index contributed by atoms with van der Waals surface area (Å²) >= 11 is 8.60. The van der Waals surface area contributed by atoms with E-state index < -0.39 is 17.7 Å². The van der Waals surface area contributed by atoms with Crippen LogP contribution in [-0.4, -0.2) is 46.2 Å². The Balaban J connectivity index is 1.56. The summed E-state index contributed by atoms with van der Waals surface area (Å²) in [6, 6.07) is 14.7. The molecular formula is C27H21ClN4O5S2. The predicted octanol–water partition coefficient (Wildman–Crippen LogP) is 5.52. The number of carbonyl (C=O) groups excluding carboxylic acids is 2. The molecule has 1 N–H and O–H groups in total. The summed E-state index contributed by atoms with van der Waals surface area (Å²) in [6.45, 7) is 0. The van der Waals surface area contributed by atoms with Crippen molar-refractivity contribution in [3.63, 3.8) is 0 Å². The van der Waals surface area contributed by atoms with Crippen LogP contribution >= 0.6 is 34.7 Å². The van der Waals surface area contributed by atoms with Crippen molar-refractivity contribution in [2.45, 2.75) is 16.1 Å². The number of benzene rings is 2. The number of nitrogens with zero attached hydrogens (tertiary/aromatic N) is 4. The maximum absolute atomic E-state index is 13.4. The molecule has 198 valence electrons. The van der Waals surface area contributed by atoms with E-state index in [0.717, 1.165) is 5.56 Å². The largest absolute Gasteiger partial charge is 0.507 e. The molecule has 0 aliphatic carbocycles. The summed E-state index contributed by atoms with van der Waals surface area (Å²) in [5.41, 5.74) is 1.84. The molecule has 0 spiro atoms. The number of anilines is 1. The molecule has 1 saturated heterocycles. The first kappa shape index (κ1) is 26.7. The fourth-order valence-electron chi connectivity index (χ4n) is 4.12. The molecular weight excluding hydrogens is 560 g/mol. The van der Waals surface area contributed by atoms with Crippen molar-refractivity contribution in [1.82, 2.24) is 15.2 Å². The molecule has 4 aromatic rings. The van der Waals surface area contributed by atoms with E-state index in [1.54, 1.807) is 30.3 Å². The Morgan fingerprint density at radius 2 is 1.74 bits per heavy atom. The third-order valence-electron chi connectivity index (χ3n) is 6.00. The Morgan fingerprint density at radius 1 is 1.03 bits per heavy atom. The molecule has 1 amide bonds. The highest BCUT2D eigenvalue weighted by Gasteiger charge is 2.48. The van der Waals surface area contributed by atoms with Gasteiger partial charge < -0.3 is 14.6 Å². The number of hydrogen-bond acceptors (Lipinski definition) is 10. The molecule has 1 atom stereocenters. The maximum atomic E-state index is 13.4. The SMILES string of the molecule is COc1ccc(C2/C(=C(\O)c3ccncc3)C(=O)C(=O)N2c2nnc(SCc3ccc(Cl)cc3)s2)cc1OC. The number of carbonyl (C=O) groups is 2. The van der Waals surface area contributed by atoms with Gasteiger partial charge in [0.15, 0.2) is 15.8 Å². The minimum Gasteiger partial charge on any atom is -0.507 e. The second-order valence-electron chi connectivity index (χ2n) is 8.29. The number of pyridine rings is 1. The second-order valence-corrected chi connectivity index (χ2v) is 10.9. The van der Waals surface area contributed by atoms with Crippen molar-refractivity contribution in [2.24, 2.45) is 0 Å². The number of amides is 1. The van der Waals surface area contributed by atoms with Crippen molar-refractivity contribution in [3.05, 3.63) is 94.3 Å². The number of aliphatic hydroxyl groups is 1. The van der Waals surface area contributed by atoms with E-state index in [-0.39, 0.29) is 16.5 Å². The van der Waals surface area contributed by atoms with Crippen LogP contribution in [0, 0.1) is 0 Å². The zero-order valence-corrected chi connectivity index (χ0v) is 23.1. The number of thioether (sulfide) groups is 1. The van der Waals surface area contributed by atoms with E-state index >= 15 is 0 Å². The molecule has 0 saturated carbocycles. The first-order chi connectivity index (χ1) is 18.9. The highest BCUT2D eigenvalue weighted by Crippen LogP contribution is 2.45. The van der Waals surface area contributed by atoms with Crippen LogP contribution in [0.15, 0.2) is 76.9 Å². The van der Waals surface area contributed by atoms with Gasteiger partial charge in [0.25, 0.3) is 5.78 Å². The predicted molar refractivity (Wildman–Crippen MR) is 149 cm³/mol. The van der Waals surface area contributed by atoms with Gasteiger partial charge in [-0.2, -0.15) is 0 Å². The van der Waals surface area contributed by atoms with Gasteiger partial charge in [0.05, 0.1) is 25.8 Å². The van der Waals surface area contributed by atoms with Crippen LogP contribution in [0.1, 0.15) is 22.7 Å². The van der Waals surface area contributed by atoms with Gasteiger partial charge in [-0.3, -0.25) is 19.5 Å². The van der Waals surface area contributed by atoms with Crippen molar-refractivity contribution in [3.8, 4) is 11.5 Å². The van der Waals surface area contributed by atoms with E-state index in [1.165, 1.54) is 54.6 Å². The Bertz CT molecular complexity index is 1560. The van der Waals surface area contributed by atoms with Crippen molar-refractivity contribution in [1.29, 1.82) is 0 Å². The molecule has 2 aromatic carbocycles. The summed E-state index contributed by atoms with van der Waals surface area (Å²) in [6.07, 6.45) is 2.98. The lowest BCUT2D eigenvalue weighted by atomic mass is 9.95. The van der Waals surface area contributed by atoms with E-state index in [4.69, 9.17) is 21.1 Å². The van der Waals surface area contributed by atoms with Crippen LogP contribution in [0.4, 0.5) is 5.13 Å². The first-order valence-corrected chi connectivity index (χ1v) is 13.7. The third kappa shape index (κ3) is 5.33. The lowest BCUT2D eigenvalue weighted by molar-refractivity contribution is -0.132. The minimum atomic E-state index is -0.986. The van der Waals surface area contributed by atoms with Crippen LogP contribution in [-0.2, 0) is 15.3 Å². The third-order valence-corrected chi connectivity index (χ3v) is 8.38. The van der Waals surface area contributed by atoms with E-state index in [9.17, 15) is 14.7 Å². The molecule has 39 heavy (non-hydrogen) atoms. The number of Topliss-reactive ketones (excluding diaryl/α,β-unsaturated/α-hetero) is 1. The number of halogens is 1. The second kappa shape index (κ2) is 11.4. The number of ether oxygens (including phenoxy) is 2. The standard InChI is InChI=1S/C27H21ClN4O5S2/c1-36-19-8-5-17(13-20(19)37-2)22-21(23(33)16-9-11-29-12-10-16)24(34)25(35)32(22)26-30-31-27(39-26)38-14-15-3-6-18(28)7-4-15/h3-13,22,33H,14H2,1-2H3/b23-21+. The summed E-state index contributed by atoms with van der Waals surface area (Å²) in [5.74, 6) is -0.485. The number of aliphatic hydroxyl groups excluding tert-OH is 1. The van der Waals surface area contributed by atoms with Crippen LogP contribution in [0.2, 0.25) is 5.02 Å². The Morgan fingerprint density at radius 3 is 2.44 bits per heavy atom. The summed E-state index contributed by atoms with van der Waals surface area (Å²) in [7, 11) is 3.00. The average Bonchev–Trinajstić information content (AvgIpc) is 3.54. The van der Waals surface area contributed by atoms with Gasteiger partial charge in [-0.1, -0.05) is 52.9 Å². The zero-order valence-electron chi connectivity index (χ0n) is 20.7. The maximum Gasteiger partial charge on any atom is 0.301 e. The number of ketones is 1. The fraction of sp³-hybridized carbons (Fsp3) is 0.148. The monoisotopic (exact) mass is 580 g/mol. The highest BCUT2D eigenvalue weighted by molar-refractivity contribution is 8.00. The fourth-order valence-corrected chi connectivity index (χ4v) is 6.07. The smallest absolute Gasteiger partial charge is 0.301 e. The molecule has 0 radical (unpaired) electrons. The molecule has 3 heterocycles. The topological polar surface area (TPSA) is 115 Å². The zero-order chi connectivity index (χ0) is 27.5. The van der Waals surface area contributed by atoms with Crippen LogP contribution in [0.25, 0.3) is 5.76 Å². The van der Waals surface area contributed by atoms with Gasteiger partial charge in [0, 0.05) is 28.7 Å². The molecule has 0 bridgehead atoms. The van der Waals surface area contributed by atoms with Gasteiger partial charge in [-0.05, 0) is 47.5 Å². The average molecular weight is 581 g/mol. The number of rotatable bonds is 8. The van der Waals surface area contributed by atoms with Gasteiger partial charge in [0.2, 0.25) is 5.13 Å². The van der Waals surface area contributed by atoms with Crippen molar-refractivity contribution in [2.75, 3.05) is 19.1 Å². The summed E-state index contributed by atoms with van der Waals surface area (Å²) in [4.78, 5) is 32.0. The molecule has 2 aromatic heterocycles.